The topological polar surface area (TPSA) is 53.4 Å². The van der Waals surface area contributed by atoms with Crippen molar-refractivity contribution in [3.63, 3.8) is 0 Å². The van der Waals surface area contributed by atoms with Crippen molar-refractivity contribution in [3.05, 3.63) is 23.6 Å². The van der Waals surface area contributed by atoms with Gasteiger partial charge in [-0.25, -0.2) is 4.39 Å². The van der Waals surface area contributed by atoms with Gasteiger partial charge in [-0.1, -0.05) is 0 Å². The Morgan fingerprint density at radius 3 is 2.64 bits per heavy atom. The summed E-state index contributed by atoms with van der Waals surface area (Å²) in [7, 11) is -1.63. The minimum atomic E-state index is -1.63. The van der Waals surface area contributed by atoms with Gasteiger partial charge in [-0.2, -0.15) is 0 Å². The van der Waals surface area contributed by atoms with Crippen molar-refractivity contribution in [1.82, 2.24) is 4.98 Å². The molecule has 1 heterocycles. The van der Waals surface area contributed by atoms with Crippen LogP contribution in [0, 0.1) is 12.7 Å². The summed E-state index contributed by atoms with van der Waals surface area (Å²) >= 11 is 0. The molecule has 0 unspecified atom stereocenters. The lowest BCUT2D eigenvalue weighted by molar-refractivity contribution is 0.423. The van der Waals surface area contributed by atoms with E-state index in [9.17, 15) is 4.39 Å². The van der Waals surface area contributed by atoms with Crippen LogP contribution in [0.3, 0.4) is 0 Å². The second kappa shape index (κ2) is 2.98. The smallest absolute Gasteiger partial charge is 0.422 e. The molecule has 58 valence electrons. The van der Waals surface area contributed by atoms with E-state index < -0.39 is 12.9 Å². The van der Waals surface area contributed by atoms with Crippen LogP contribution in [0.1, 0.15) is 5.56 Å². The molecule has 1 aromatic heterocycles. The molecule has 0 spiro atoms. The van der Waals surface area contributed by atoms with Gasteiger partial charge in [-0.3, -0.25) is 4.98 Å². The number of pyridine rings is 1. The first kappa shape index (κ1) is 8.16. The Labute approximate surface area is 63.7 Å². The molecule has 0 aliphatic heterocycles. The average Bonchev–Trinajstić information content (AvgIpc) is 1.85. The molecule has 0 atom stereocenters. The van der Waals surface area contributed by atoms with Crippen LogP contribution in [0.2, 0.25) is 0 Å². The van der Waals surface area contributed by atoms with Gasteiger partial charge in [-0.15, -0.1) is 0 Å². The molecule has 0 aliphatic carbocycles. The first-order valence-electron chi connectivity index (χ1n) is 3.09. The Bertz CT molecular complexity index is 267. The number of aromatic nitrogens is 1. The summed E-state index contributed by atoms with van der Waals surface area (Å²) in [5, 5.41) is 17.3. The fourth-order valence-corrected chi connectivity index (χ4v) is 0.821. The van der Waals surface area contributed by atoms with E-state index in [1.165, 1.54) is 6.07 Å². The van der Waals surface area contributed by atoms with Gasteiger partial charge in [0.05, 0.1) is 11.8 Å². The monoisotopic (exact) mass is 155 g/mol. The van der Waals surface area contributed by atoms with E-state index in [1.54, 1.807) is 6.92 Å². The first-order chi connectivity index (χ1) is 5.11. The van der Waals surface area contributed by atoms with E-state index in [2.05, 4.69) is 4.98 Å². The number of hydrogen-bond acceptors (Lipinski definition) is 3. The fraction of sp³-hybridized carbons (Fsp3) is 0.167. The molecule has 0 amide bonds. The van der Waals surface area contributed by atoms with Crippen molar-refractivity contribution in [3.8, 4) is 0 Å². The average molecular weight is 155 g/mol. The predicted molar refractivity (Wildman–Crippen MR) is 38.8 cm³/mol. The maximum Gasteiger partial charge on any atom is 0.508 e. The van der Waals surface area contributed by atoms with Crippen LogP contribution in [0.25, 0.3) is 0 Å². The van der Waals surface area contributed by atoms with Crippen LogP contribution in [0.4, 0.5) is 4.39 Å². The Balaban J connectivity index is 3.09. The molecule has 3 nitrogen and oxygen atoms in total. The van der Waals surface area contributed by atoms with Gasteiger partial charge in [0, 0.05) is 0 Å². The summed E-state index contributed by atoms with van der Waals surface area (Å²) in [6.07, 6.45) is 0.946. The third-order valence-corrected chi connectivity index (χ3v) is 1.33. The van der Waals surface area contributed by atoms with Crippen LogP contribution < -0.4 is 5.59 Å². The molecule has 0 aromatic carbocycles. The molecule has 0 aliphatic rings. The third-order valence-electron chi connectivity index (χ3n) is 1.33. The summed E-state index contributed by atoms with van der Waals surface area (Å²) in [4.78, 5) is 3.50. The molecule has 0 bridgehead atoms. The van der Waals surface area contributed by atoms with Crippen LogP contribution in [-0.4, -0.2) is 22.2 Å². The summed E-state index contributed by atoms with van der Waals surface area (Å²) < 4.78 is 12.4. The molecule has 5 heteroatoms. The predicted octanol–water partition coefficient (Wildman–Crippen LogP) is -0.791. The van der Waals surface area contributed by atoms with Crippen molar-refractivity contribution in [2.75, 3.05) is 0 Å². The molecule has 0 fully saturated rings. The third kappa shape index (κ3) is 1.75. The van der Waals surface area contributed by atoms with E-state index >= 15 is 0 Å². The zero-order valence-corrected chi connectivity index (χ0v) is 5.95. The molecular weight excluding hydrogens is 148 g/mol. The van der Waals surface area contributed by atoms with E-state index in [-0.39, 0.29) is 5.59 Å². The minimum absolute atomic E-state index is 0.0893. The molecule has 1 rings (SSSR count). The van der Waals surface area contributed by atoms with E-state index in [0.717, 1.165) is 6.20 Å². The highest BCUT2D eigenvalue weighted by Crippen LogP contribution is 1.96. The number of hydrogen-bond donors (Lipinski definition) is 2. The zero-order chi connectivity index (χ0) is 8.43. The molecular formula is C6H7BFNO2. The minimum Gasteiger partial charge on any atom is -0.422 e. The fourth-order valence-electron chi connectivity index (χ4n) is 0.821. The first-order valence-corrected chi connectivity index (χ1v) is 3.09. The number of halogens is 1. The molecule has 0 saturated carbocycles. The summed E-state index contributed by atoms with van der Waals surface area (Å²) in [6, 6.07) is 1.20. The molecule has 11 heavy (non-hydrogen) atoms. The number of nitrogens with zero attached hydrogens (tertiary/aromatic N) is 1. The maximum atomic E-state index is 12.4. The maximum absolute atomic E-state index is 12.4. The zero-order valence-electron chi connectivity index (χ0n) is 5.95. The van der Waals surface area contributed by atoms with E-state index in [1.807, 2.05) is 0 Å². The Morgan fingerprint density at radius 1 is 1.55 bits per heavy atom. The quantitative estimate of drug-likeness (QED) is 0.522. The van der Waals surface area contributed by atoms with Crippen LogP contribution in [-0.2, 0) is 0 Å². The van der Waals surface area contributed by atoms with Crippen LogP contribution >= 0.6 is 0 Å². The molecule has 2 N–H and O–H groups in total. The van der Waals surface area contributed by atoms with Crippen molar-refractivity contribution < 1.29 is 14.4 Å². The SMILES string of the molecule is Cc1cc(F)cnc1B(O)O. The second-order valence-corrected chi connectivity index (χ2v) is 2.23. The highest BCUT2D eigenvalue weighted by Gasteiger charge is 2.15. The Kier molecular flexibility index (Phi) is 2.21. The normalized spacial score (nSPS) is 9.82. The van der Waals surface area contributed by atoms with Crippen LogP contribution in [0.5, 0.6) is 0 Å². The Morgan fingerprint density at radius 2 is 2.18 bits per heavy atom. The van der Waals surface area contributed by atoms with E-state index in [0.29, 0.717) is 5.56 Å². The highest BCUT2D eigenvalue weighted by molar-refractivity contribution is 6.58. The highest BCUT2D eigenvalue weighted by atomic mass is 19.1. The van der Waals surface area contributed by atoms with Gasteiger partial charge < -0.3 is 10.0 Å². The largest absolute Gasteiger partial charge is 0.508 e. The van der Waals surface area contributed by atoms with Crippen molar-refractivity contribution in [2.24, 2.45) is 0 Å². The lowest BCUT2D eigenvalue weighted by Gasteiger charge is -2.01. The summed E-state index contributed by atoms with van der Waals surface area (Å²) in [5.74, 6) is -0.480. The van der Waals surface area contributed by atoms with E-state index in [4.69, 9.17) is 10.0 Å². The molecule has 0 radical (unpaired) electrons. The lowest BCUT2D eigenvalue weighted by Crippen LogP contribution is -2.34. The Hall–Kier alpha value is -0.935. The van der Waals surface area contributed by atoms with Gasteiger partial charge in [-0.05, 0) is 18.6 Å². The summed E-state index contributed by atoms with van der Waals surface area (Å²) in [6.45, 7) is 1.56. The molecule has 0 saturated heterocycles. The summed E-state index contributed by atoms with van der Waals surface area (Å²) in [5.41, 5.74) is 0.520. The van der Waals surface area contributed by atoms with Crippen molar-refractivity contribution in [1.29, 1.82) is 0 Å². The van der Waals surface area contributed by atoms with Crippen molar-refractivity contribution >= 4 is 12.7 Å². The van der Waals surface area contributed by atoms with Gasteiger partial charge in [0.1, 0.15) is 5.82 Å². The number of rotatable bonds is 1. The molecule has 1 aromatic rings. The van der Waals surface area contributed by atoms with Gasteiger partial charge in [0.2, 0.25) is 0 Å². The van der Waals surface area contributed by atoms with Gasteiger partial charge in [0.15, 0.2) is 0 Å². The van der Waals surface area contributed by atoms with Crippen LogP contribution in [0.15, 0.2) is 12.3 Å². The number of aryl methyl sites for hydroxylation is 1. The lowest BCUT2D eigenvalue weighted by atomic mass is 9.82. The second-order valence-electron chi connectivity index (χ2n) is 2.23. The van der Waals surface area contributed by atoms with Crippen molar-refractivity contribution in [2.45, 2.75) is 6.92 Å². The van der Waals surface area contributed by atoms with Gasteiger partial charge >= 0.3 is 7.12 Å². The van der Waals surface area contributed by atoms with Gasteiger partial charge in [0.25, 0.3) is 0 Å². The standard InChI is InChI=1S/C6H7BFNO2/c1-4-2-5(8)3-9-6(4)7(10)11/h2-3,10-11H,1H3.